The van der Waals surface area contributed by atoms with Crippen LogP contribution >= 0.6 is 0 Å². The maximum Gasteiger partial charge on any atom is 0.400 e. The van der Waals surface area contributed by atoms with Crippen LogP contribution in [0.4, 0.5) is 22.0 Å². The fourth-order valence-corrected chi connectivity index (χ4v) is 7.66. The van der Waals surface area contributed by atoms with Crippen LogP contribution in [0.3, 0.4) is 0 Å². The molecule has 0 radical (unpaired) electrons. The third kappa shape index (κ3) is 6.31. The van der Waals surface area contributed by atoms with Crippen LogP contribution in [0.15, 0.2) is 30.3 Å². The Hall–Kier alpha value is -2.62. The number of rotatable bonds is 6. The molecule has 0 saturated heterocycles. The minimum absolute atomic E-state index is 0.134. The molecule has 2 nitrogen and oxygen atoms in total. The lowest BCUT2D eigenvalue weighted by atomic mass is 9.65. The van der Waals surface area contributed by atoms with E-state index in [1.807, 2.05) is 0 Å². The molecule has 3 aliphatic carbocycles. The van der Waals surface area contributed by atoms with Crippen molar-refractivity contribution in [3.63, 3.8) is 0 Å². The quantitative estimate of drug-likeness (QED) is 0.330. The number of alkyl halides is 2. The molecule has 0 atom stereocenters. The van der Waals surface area contributed by atoms with Gasteiger partial charge < -0.3 is 4.74 Å². The Bertz CT molecular complexity index is 1190. The van der Waals surface area contributed by atoms with Crippen LogP contribution in [-0.4, -0.2) is 6.11 Å². The molecule has 40 heavy (non-hydrogen) atoms. The predicted molar refractivity (Wildman–Crippen MR) is 144 cm³/mol. The second-order valence-corrected chi connectivity index (χ2v) is 12.5. The van der Waals surface area contributed by atoms with Crippen LogP contribution in [0.2, 0.25) is 0 Å². The Morgan fingerprint density at radius 2 is 1.18 bits per heavy atom. The summed E-state index contributed by atoms with van der Waals surface area (Å²) in [5.74, 6) is -1.18. The van der Waals surface area contributed by atoms with E-state index in [1.165, 1.54) is 57.4 Å². The Labute approximate surface area is 233 Å². The molecular weight excluding hydrogens is 521 g/mol. The first-order valence-corrected chi connectivity index (χ1v) is 14.9. The van der Waals surface area contributed by atoms with E-state index in [1.54, 1.807) is 6.07 Å². The lowest BCUT2D eigenvalue weighted by Gasteiger charge is -2.41. The van der Waals surface area contributed by atoms with Gasteiger partial charge in [0.05, 0.1) is 17.0 Å². The first kappa shape index (κ1) is 28.9. The normalized spacial score (nSPS) is 29.5. The molecule has 0 N–H and O–H groups in total. The van der Waals surface area contributed by atoms with E-state index in [9.17, 15) is 13.2 Å². The van der Waals surface area contributed by atoms with E-state index in [0.717, 1.165) is 42.7 Å². The van der Waals surface area contributed by atoms with Crippen LogP contribution in [0.5, 0.6) is 5.75 Å². The zero-order valence-electron chi connectivity index (χ0n) is 23.1. The molecule has 216 valence electrons. The average molecular weight is 560 g/mol. The van der Waals surface area contributed by atoms with Crippen LogP contribution < -0.4 is 4.74 Å². The Kier molecular flexibility index (Phi) is 8.73. The molecule has 3 fully saturated rings. The molecule has 0 aliphatic heterocycles. The van der Waals surface area contributed by atoms with Gasteiger partial charge in [0.25, 0.3) is 0 Å². The summed E-state index contributed by atoms with van der Waals surface area (Å²) in [5.41, 5.74) is -0.960. The van der Waals surface area contributed by atoms with Crippen molar-refractivity contribution in [3.8, 4) is 22.9 Å². The fraction of sp³-hybridized carbons (Fsp3) is 0.606. The van der Waals surface area contributed by atoms with Crippen molar-refractivity contribution >= 4 is 0 Å². The second kappa shape index (κ2) is 12.1. The Balaban J connectivity index is 1.15. The van der Waals surface area contributed by atoms with Crippen molar-refractivity contribution in [1.29, 1.82) is 5.26 Å². The maximum atomic E-state index is 15.1. The number of ether oxygens (including phenoxy) is 1. The van der Waals surface area contributed by atoms with Crippen molar-refractivity contribution < 1.29 is 26.7 Å². The molecule has 0 spiro atoms. The highest BCUT2D eigenvalue weighted by molar-refractivity contribution is 5.67. The van der Waals surface area contributed by atoms with Gasteiger partial charge in [0.1, 0.15) is 29.3 Å². The van der Waals surface area contributed by atoms with Crippen molar-refractivity contribution in [2.45, 2.75) is 90.1 Å². The molecule has 2 aromatic rings. The van der Waals surface area contributed by atoms with Crippen molar-refractivity contribution in [2.24, 2.45) is 35.5 Å². The maximum absolute atomic E-state index is 15.1. The number of benzene rings is 2. The largest absolute Gasteiger partial charge is 0.432 e. The summed E-state index contributed by atoms with van der Waals surface area (Å²) < 4.78 is 78.7. The van der Waals surface area contributed by atoms with Gasteiger partial charge >= 0.3 is 6.11 Å². The summed E-state index contributed by atoms with van der Waals surface area (Å²) in [7, 11) is 0. The number of nitrogens with zero attached hydrogens (tertiary/aromatic N) is 1. The minimum atomic E-state index is -3.55. The molecule has 7 heteroatoms. The lowest BCUT2D eigenvalue weighted by Crippen LogP contribution is -2.38. The highest BCUT2D eigenvalue weighted by atomic mass is 19.3. The molecule has 5 rings (SSSR count). The smallest absolute Gasteiger partial charge is 0.400 e. The van der Waals surface area contributed by atoms with Crippen LogP contribution in [0.25, 0.3) is 11.1 Å². The van der Waals surface area contributed by atoms with E-state index >= 15 is 8.78 Å². The molecular formula is C33H38F5NO. The van der Waals surface area contributed by atoms with Crippen molar-refractivity contribution in [2.75, 3.05) is 0 Å². The van der Waals surface area contributed by atoms with Gasteiger partial charge in [-0.25, -0.2) is 13.2 Å². The van der Waals surface area contributed by atoms with Gasteiger partial charge in [0.2, 0.25) is 0 Å². The molecule has 0 amide bonds. The van der Waals surface area contributed by atoms with Crippen LogP contribution in [-0.2, 0) is 0 Å². The third-order valence-corrected chi connectivity index (χ3v) is 10.1. The van der Waals surface area contributed by atoms with Crippen molar-refractivity contribution in [3.05, 3.63) is 53.3 Å². The second-order valence-electron chi connectivity index (χ2n) is 12.5. The van der Waals surface area contributed by atoms with Crippen LogP contribution in [0, 0.1) is 64.3 Å². The van der Waals surface area contributed by atoms with Crippen LogP contribution in [0.1, 0.15) is 89.5 Å². The summed E-state index contributed by atoms with van der Waals surface area (Å²) >= 11 is 0. The van der Waals surface area contributed by atoms with Gasteiger partial charge in [-0.1, -0.05) is 25.8 Å². The molecule has 2 aromatic carbocycles. The summed E-state index contributed by atoms with van der Waals surface area (Å²) in [4.78, 5) is 0. The molecule has 3 saturated carbocycles. The monoisotopic (exact) mass is 559 g/mol. The predicted octanol–water partition coefficient (Wildman–Crippen LogP) is 10.1. The van der Waals surface area contributed by atoms with Crippen molar-refractivity contribution in [1.82, 2.24) is 0 Å². The highest BCUT2D eigenvalue weighted by Gasteiger charge is 2.45. The summed E-state index contributed by atoms with van der Waals surface area (Å²) in [6.07, 6.45) is 8.92. The highest BCUT2D eigenvalue weighted by Crippen LogP contribution is 2.48. The van der Waals surface area contributed by atoms with E-state index in [4.69, 9.17) is 10.00 Å². The summed E-state index contributed by atoms with van der Waals surface area (Å²) in [5, 5.41) is 8.86. The fourth-order valence-electron chi connectivity index (χ4n) is 7.66. The van der Waals surface area contributed by atoms with E-state index in [-0.39, 0.29) is 11.1 Å². The number of hydrogen-bond donors (Lipinski definition) is 0. The van der Waals surface area contributed by atoms with Gasteiger partial charge in [0.15, 0.2) is 0 Å². The van der Waals surface area contributed by atoms with Gasteiger partial charge in [-0.2, -0.15) is 14.0 Å². The summed E-state index contributed by atoms with van der Waals surface area (Å²) in [6, 6.07) is 6.22. The van der Waals surface area contributed by atoms with E-state index in [0.29, 0.717) is 36.8 Å². The average Bonchev–Trinajstić information content (AvgIpc) is 2.93. The topological polar surface area (TPSA) is 33.0 Å². The Morgan fingerprint density at radius 3 is 1.65 bits per heavy atom. The van der Waals surface area contributed by atoms with Gasteiger partial charge in [-0.15, -0.1) is 0 Å². The molecule has 0 bridgehead atoms. The Morgan fingerprint density at radius 1 is 0.700 bits per heavy atom. The van der Waals surface area contributed by atoms with E-state index < -0.39 is 40.8 Å². The minimum Gasteiger partial charge on any atom is -0.432 e. The SMILES string of the molecule is CC1CCC(C2CCC(C3CCC(C(F)(F)Oc4cc(F)c(-c5ccc(C#N)c(F)c5)c(F)c4)CC3)CC2)CC1. The first-order chi connectivity index (χ1) is 19.1. The first-order valence-electron chi connectivity index (χ1n) is 14.9. The number of hydrogen-bond acceptors (Lipinski definition) is 2. The van der Waals surface area contributed by atoms with Gasteiger partial charge in [0, 0.05) is 12.1 Å². The number of halogens is 5. The molecule has 0 heterocycles. The summed E-state index contributed by atoms with van der Waals surface area (Å²) in [6.45, 7) is 2.35. The molecule has 0 unspecified atom stereocenters. The lowest BCUT2D eigenvalue weighted by molar-refractivity contribution is -0.224. The molecule has 3 aliphatic rings. The van der Waals surface area contributed by atoms with Gasteiger partial charge in [-0.3, -0.25) is 0 Å². The standard InChI is InChI=1S/C33H38F5NO/c1-20-2-4-21(5-3-20)22-6-8-23(9-7-22)24-12-14-27(15-13-24)33(37,38)40-28-17-30(35)32(31(36)18-28)25-10-11-26(19-39)29(34)16-25/h10-11,16-18,20-24,27H,2-9,12-15H2,1H3. The van der Waals surface area contributed by atoms with E-state index in [2.05, 4.69) is 6.92 Å². The third-order valence-electron chi connectivity index (χ3n) is 10.1. The zero-order valence-corrected chi connectivity index (χ0v) is 23.1. The zero-order chi connectivity index (χ0) is 28.4. The number of nitriles is 1. The molecule has 0 aromatic heterocycles. The van der Waals surface area contributed by atoms with Gasteiger partial charge in [-0.05, 0) is 111 Å².